The predicted octanol–water partition coefficient (Wildman–Crippen LogP) is 1.37. The Morgan fingerprint density at radius 3 is 2.81 bits per heavy atom. The zero-order chi connectivity index (χ0) is 15.2. The highest BCUT2D eigenvalue weighted by Gasteiger charge is 2.18. The molecule has 114 valence electrons. The van der Waals surface area contributed by atoms with Crippen LogP contribution in [0.4, 0.5) is 5.69 Å². The second-order valence-corrected chi connectivity index (χ2v) is 5.14. The van der Waals surface area contributed by atoms with Gasteiger partial charge in [-0.1, -0.05) is 17.7 Å². The lowest BCUT2D eigenvalue weighted by atomic mass is 10.1. The van der Waals surface area contributed by atoms with Gasteiger partial charge in [-0.2, -0.15) is 0 Å². The molecule has 21 heavy (non-hydrogen) atoms. The lowest BCUT2D eigenvalue weighted by molar-refractivity contribution is -0.125. The molecule has 1 aliphatic heterocycles. The van der Waals surface area contributed by atoms with Crippen molar-refractivity contribution >= 4 is 29.2 Å². The summed E-state index contributed by atoms with van der Waals surface area (Å²) in [5, 5.41) is 3.07. The Morgan fingerprint density at radius 2 is 2.10 bits per heavy atom. The van der Waals surface area contributed by atoms with E-state index in [-0.39, 0.29) is 34.8 Å². The molecule has 0 saturated carbocycles. The van der Waals surface area contributed by atoms with Crippen LogP contribution in [0.5, 0.6) is 0 Å². The van der Waals surface area contributed by atoms with Crippen molar-refractivity contribution in [3.63, 3.8) is 0 Å². The zero-order valence-electron chi connectivity index (χ0n) is 11.4. The van der Waals surface area contributed by atoms with Crippen LogP contribution in [-0.4, -0.2) is 37.7 Å². The fraction of sp³-hybridized carbons (Fsp3) is 0.429. The van der Waals surface area contributed by atoms with E-state index in [2.05, 4.69) is 5.32 Å². The van der Waals surface area contributed by atoms with E-state index in [0.717, 1.165) is 12.8 Å². The van der Waals surface area contributed by atoms with Crippen molar-refractivity contribution in [1.29, 1.82) is 0 Å². The van der Waals surface area contributed by atoms with E-state index in [1.165, 1.54) is 6.07 Å². The van der Waals surface area contributed by atoms with Crippen LogP contribution >= 0.6 is 11.6 Å². The second-order valence-electron chi connectivity index (χ2n) is 4.73. The maximum atomic E-state index is 11.9. The van der Waals surface area contributed by atoms with Crippen LogP contribution in [0.15, 0.2) is 18.2 Å². The largest absolute Gasteiger partial charge is 0.452 e. The van der Waals surface area contributed by atoms with E-state index in [0.29, 0.717) is 13.2 Å². The number of benzene rings is 1. The van der Waals surface area contributed by atoms with Crippen molar-refractivity contribution in [2.45, 2.75) is 18.9 Å². The smallest absolute Gasteiger partial charge is 0.340 e. The van der Waals surface area contributed by atoms with E-state index in [1.54, 1.807) is 12.1 Å². The number of halogens is 1. The molecule has 1 saturated heterocycles. The van der Waals surface area contributed by atoms with Crippen molar-refractivity contribution < 1.29 is 19.1 Å². The minimum Gasteiger partial charge on any atom is -0.452 e. The highest BCUT2D eigenvalue weighted by molar-refractivity contribution is 6.33. The molecule has 0 atom stereocenters. The first kappa shape index (κ1) is 15.6. The Balaban J connectivity index is 1.83. The fourth-order valence-electron chi connectivity index (χ4n) is 2.04. The quantitative estimate of drug-likeness (QED) is 0.647. The molecular weight excluding hydrogens is 296 g/mol. The Labute approximate surface area is 127 Å². The number of nitrogen functional groups attached to an aromatic ring is 1. The normalized spacial score (nSPS) is 15.5. The molecule has 6 nitrogen and oxygen atoms in total. The number of nitrogens with one attached hydrogen (secondary N) is 1. The fourth-order valence-corrected chi connectivity index (χ4v) is 2.21. The van der Waals surface area contributed by atoms with Gasteiger partial charge in [-0.05, 0) is 25.0 Å². The first-order chi connectivity index (χ1) is 10.1. The molecule has 1 aromatic rings. The standard InChI is InChI=1S/C14H17ClN2O4/c15-11-3-1-2-10(13(11)16)14(19)21-8-12(18)17-9-4-6-20-7-5-9/h1-3,9H,4-8,16H2,(H,17,18). The molecule has 1 aliphatic rings. The van der Waals surface area contributed by atoms with E-state index in [9.17, 15) is 9.59 Å². The van der Waals surface area contributed by atoms with E-state index in [1.807, 2.05) is 0 Å². The molecule has 1 amide bonds. The van der Waals surface area contributed by atoms with E-state index >= 15 is 0 Å². The van der Waals surface area contributed by atoms with Crippen LogP contribution in [0.1, 0.15) is 23.2 Å². The molecule has 7 heteroatoms. The Kier molecular flexibility index (Phi) is 5.41. The molecule has 1 fully saturated rings. The molecule has 0 aromatic heterocycles. The van der Waals surface area contributed by atoms with E-state index < -0.39 is 5.97 Å². The Bertz CT molecular complexity index is 530. The van der Waals surface area contributed by atoms with Gasteiger partial charge in [-0.3, -0.25) is 4.79 Å². The van der Waals surface area contributed by atoms with Crippen LogP contribution in [-0.2, 0) is 14.3 Å². The van der Waals surface area contributed by atoms with Gasteiger partial charge < -0.3 is 20.5 Å². The summed E-state index contributed by atoms with van der Waals surface area (Å²) in [6.45, 7) is 0.912. The summed E-state index contributed by atoms with van der Waals surface area (Å²) in [6.07, 6.45) is 1.53. The topological polar surface area (TPSA) is 90.7 Å². The van der Waals surface area contributed by atoms with Crippen molar-refractivity contribution in [2.75, 3.05) is 25.6 Å². The first-order valence-electron chi connectivity index (χ1n) is 6.66. The summed E-state index contributed by atoms with van der Waals surface area (Å²) in [4.78, 5) is 23.6. The molecule has 0 aliphatic carbocycles. The van der Waals surface area contributed by atoms with Gasteiger partial charge in [0.2, 0.25) is 0 Å². The van der Waals surface area contributed by atoms with Crippen LogP contribution in [0, 0.1) is 0 Å². The average Bonchev–Trinajstić information content (AvgIpc) is 2.48. The maximum Gasteiger partial charge on any atom is 0.340 e. The predicted molar refractivity (Wildman–Crippen MR) is 78.1 cm³/mol. The number of hydrogen-bond donors (Lipinski definition) is 2. The molecule has 0 spiro atoms. The van der Waals surface area contributed by atoms with Crippen molar-refractivity contribution in [1.82, 2.24) is 5.32 Å². The number of para-hydroxylation sites is 1. The maximum absolute atomic E-state index is 11.9. The van der Waals surface area contributed by atoms with Gasteiger partial charge in [-0.15, -0.1) is 0 Å². The number of carbonyl (C=O) groups excluding carboxylic acids is 2. The van der Waals surface area contributed by atoms with Gasteiger partial charge >= 0.3 is 5.97 Å². The van der Waals surface area contributed by atoms with Crippen LogP contribution in [0.2, 0.25) is 5.02 Å². The second kappa shape index (κ2) is 7.28. The minimum atomic E-state index is -0.669. The monoisotopic (exact) mass is 312 g/mol. The van der Waals surface area contributed by atoms with Crippen LogP contribution < -0.4 is 11.1 Å². The van der Waals surface area contributed by atoms with Crippen molar-refractivity contribution in [2.24, 2.45) is 0 Å². The average molecular weight is 313 g/mol. The Morgan fingerprint density at radius 1 is 1.38 bits per heavy atom. The number of ether oxygens (including phenoxy) is 2. The molecule has 0 radical (unpaired) electrons. The lowest BCUT2D eigenvalue weighted by Crippen LogP contribution is -2.41. The summed E-state index contributed by atoms with van der Waals surface area (Å²) in [5.74, 6) is -1.01. The minimum absolute atomic E-state index is 0.0705. The number of amides is 1. The van der Waals surface area contributed by atoms with Gasteiger partial charge in [0.15, 0.2) is 6.61 Å². The third-order valence-electron chi connectivity index (χ3n) is 3.19. The number of esters is 1. The van der Waals surface area contributed by atoms with Crippen LogP contribution in [0.3, 0.4) is 0 Å². The number of hydrogen-bond acceptors (Lipinski definition) is 5. The number of rotatable bonds is 4. The molecule has 1 aromatic carbocycles. The first-order valence-corrected chi connectivity index (χ1v) is 7.04. The summed E-state index contributed by atoms with van der Waals surface area (Å²) in [5.41, 5.74) is 5.99. The Hall–Kier alpha value is -1.79. The highest BCUT2D eigenvalue weighted by atomic mass is 35.5. The van der Waals surface area contributed by atoms with Gasteiger partial charge in [0.05, 0.1) is 16.3 Å². The summed E-state index contributed by atoms with van der Waals surface area (Å²) < 4.78 is 10.1. The molecular formula is C14H17ClN2O4. The van der Waals surface area contributed by atoms with Gasteiger partial charge in [-0.25, -0.2) is 4.79 Å². The lowest BCUT2D eigenvalue weighted by Gasteiger charge is -2.22. The van der Waals surface area contributed by atoms with Gasteiger partial charge in [0, 0.05) is 19.3 Å². The van der Waals surface area contributed by atoms with E-state index in [4.69, 9.17) is 26.8 Å². The third kappa shape index (κ3) is 4.34. The third-order valence-corrected chi connectivity index (χ3v) is 3.52. The van der Waals surface area contributed by atoms with Gasteiger partial charge in [0.1, 0.15) is 0 Å². The van der Waals surface area contributed by atoms with Crippen molar-refractivity contribution in [3.8, 4) is 0 Å². The molecule has 0 unspecified atom stereocenters. The molecule has 0 bridgehead atoms. The molecule has 3 N–H and O–H groups in total. The highest BCUT2D eigenvalue weighted by Crippen LogP contribution is 2.22. The summed E-state index contributed by atoms with van der Waals surface area (Å²) in [7, 11) is 0. The SMILES string of the molecule is Nc1c(Cl)cccc1C(=O)OCC(=O)NC1CCOCC1. The zero-order valence-corrected chi connectivity index (χ0v) is 12.2. The number of carbonyl (C=O) groups is 2. The van der Waals surface area contributed by atoms with Crippen LogP contribution in [0.25, 0.3) is 0 Å². The molecule has 2 rings (SSSR count). The summed E-state index contributed by atoms with van der Waals surface area (Å²) in [6, 6.07) is 4.74. The van der Waals surface area contributed by atoms with Gasteiger partial charge in [0.25, 0.3) is 5.91 Å². The number of nitrogens with two attached hydrogens (primary N) is 1. The summed E-state index contributed by atoms with van der Waals surface area (Å²) >= 11 is 5.83. The van der Waals surface area contributed by atoms with Crippen molar-refractivity contribution in [3.05, 3.63) is 28.8 Å². The number of anilines is 1. The molecule has 1 heterocycles.